The Morgan fingerprint density at radius 3 is 2.78 bits per heavy atom. The molecule has 0 unspecified atom stereocenters. The number of ether oxygens (including phenoxy) is 1. The van der Waals surface area contributed by atoms with E-state index in [1.54, 1.807) is 6.92 Å². The van der Waals surface area contributed by atoms with Crippen LogP contribution in [-0.2, 0) is 20.9 Å². The molecule has 0 saturated heterocycles. The molecule has 0 saturated carbocycles. The summed E-state index contributed by atoms with van der Waals surface area (Å²) in [5.41, 5.74) is 0. The molecule has 1 rings (SSSR count). The summed E-state index contributed by atoms with van der Waals surface area (Å²) in [5.74, 6) is -0.980. The minimum Gasteiger partial charge on any atom is -0.466 e. The van der Waals surface area contributed by atoms with Gasteiger partial charge in [-0.25, -0.2) is 0 Å². The number of hydrogen-bond acceptors (Lipinski definition) is 6. The van der Waals surface area contributed by atoms with Gasteiger partial charge in [0.05, 0.1) is 30.4 Å². The molecular formula is C10H13N3O5. The van der Waals surface area contributed by atoms with E-state index in [0.717, 1.165) is 0 Å². The van der Waals surface area contributed by atoms with Crippen LogP contribution >= 0.6 is 0 Å². The van der Waals surface area contributed by atoms with E-state index in [1.165, 1.54) is 16.9 Å². The Kier molecular flexibility index (Phi) is 4.97. The van der Waals surface area contributed by atoms with Gasteiger partial charge < -0.3 is 14.9 Å². The molecule has 1 aromatic heterocycles. The van der Waals surface area contributed by atoms with Crippen molar-refractivity contribution in [2.75, 3.05) is 6.61 Å². The van der Waals surface area contributed by atoms with Gasteiger partial charge in [-0.2, -0.15) is 4.68 Å². The van der Waals surface area contributed by atoms with Crippen LogP contribution in [0.4, 0.5) is 5.82 Å². The van der Waals surface area contributed by atoms with Gasteiger partial charge in [-0.3, -0.25) is 9.59 Å². The molecule has 0 atom stereocenters. The number of rotatable bonds is 7. The number of nitro groups is 1. The second-order valence-electron chi connectivity index (χ2n) is 3.47. The van der Waals surface area contributed by atoms with Gasteiger partial charge in [0.1, 0.15) is 6.54 Å². The Hall–Kier alpha value is -2.25. The van der Waals surface area contributed by atoms with Crippen LogP contribution in [0.25, 0.3) is 0 Å². The number of hydrogen-bond donors (Lipinski definition) is 0. The lowest BCUT2D eigenvalue weighted by Crippen LogP contribution is -2.13. The van der Waals surface area contributed by atoms with E-state index in [0.29, 0.717) is 0 Å². The van der Waals surface area contributed by atoms with E-state index in [1.807, 2.05) is 0 Å². The quantitative estimate of drug-likeness (QED) is 0.403. The largest absolute Gasteiger partial charge is 0.466 e. The molecule has 8 nitrogen and oxygen atoms in total. The van der Waals surface area contributed by atoms with E-state index < -0.39 is 10.9 Å². The first-order chi connectivity index (χ1) is 8.52. The van der Waals surface area contributed by atoms with Gasteiger partial charge in [-0.1, -0.05) is 0 Å². The zero-order chi connectivity index (χ0) is 13.5. The van der Waals surface area contributed by atoms with Crippen molar-refractivity contribution in [3.05, 3.63) is 22.4 Å². The molecule has 0 spiro atoms. The first-order valence-electron chi connectivity index (χ1n) is 5.38. The summed E-state index contributed by atoms with van der Waals surface area (Å²) in [6.07, 6.45) is 1.39. The number of carbonyl (C=O) groups is 2. The summed E-state index contributed by atoms with van der Waals surface area (Å²) in [6.45, 7) is 1.87. The number of aromatic nitrogens is 2. The Balaban J connectivity index is 2.39. The van der Waals surface area contributed by atoms with Crippen LogP contribution in [0.5, 0.6) is 0 Å². The molecular weight excluding hydrogens is 242 g/mol. The molecule has 98 valence electrons. The van der Waals surface area contributed by atoms with Crippen LogP contribution in [-0.4, -0.2) is 33.1 Å². The van der Waals surface area contributed by atoms with Crippen LogP contribution < -0.4 is 0 Å². The molecule has 18 heavy (non-hydrogen) atoms. The van der Waals surface area contributed by atoms with Gasteiger partial charge in [-0.15, -0.1) is 0 Å². The highest BCUT2D eigenvalue weighted by molar-refractivity contribution is 5.82. The predicted molar refractivity (Wildman–Crippen MR) is 59.8 cm³/mol. The highest BCUT2D eigenvalue weighted by atomic mass is 16.6. The molecule has 0 N–H and O–H groups in total. The number of carbonyl (C=O) groups excluding carboxylic acids is 2. The zero-order valence-corrected chi connectivity index (χ0v) is 9.87. The van der Waals surface area contributed by atoms with Crippen LogP contribution in [0, 0.1) is 10.1 Å². The molecule has 1 heterocycles. The van der Waals surface area contributed by atoms with E-state index >= 15 is 0 Å². The van der Waals surface area contributed by atoms with Gasteiger partial charge in [0.15, 0.2) is 5.78 Å². The van der Waals surface area contributed by atoms with Crippen LogP contribution in [0.2, 0.25) is 0 Å². The smallest absolute Gasteiger partial charge is 0.389 e. The monoisotopic (exact) mass is 255 g/mol. The van der Waals surface area contributed by atoms with E-state index in [4.69, 9.17) is 0 Å². The fourth-order valence-corrected chi connectivity index (χ4v) is 1.27. The van der Waals surface area contributed by atoms with Crippen molar-refractivity contribution in [2.45, 2.75) is 26.3 Å². The second kappa shape index (κ2) is 6.48. The van der Waals surface area contributed by atoms with Crippen molar-refractivity contribution in [3.63, 3.8) is 0 Å². The third kappa shape index (κ3) is 4.32. The third-order valence-corrected chi connectivity index (χ3v) is 2.07. The maximum Gasteiger partial charge on any atom is 0.389 e. The molecule has 0 aliphatic carbocycles. The van der Waals surface area contributed by atoms with E-state index in [9.17, 15) is 19.7 Å². The van der Waals surface area contributed by atoms with Crippen molar-refractivity contribution in [1.82, 2.24) is 9.78 Å². The number of nitrogens with zero attached hydrogens (tertiary/aromatic N) is 3. The summed E-state index contributed by atoms with van der Waals surface area (Å²) in [6, 6.07) is 1.21. The first kappa shape index (κ1) is 13.8. The fourth-order valence-electron chi connectivity index (χ4n) is 1.27. The lowest BCUT2D eigenvalue weighted by molar-refractivity contribution is -0.389. The van der Waals surface area contributed by atoms with Gasteiger partial charge in [-0.05, 0) is 11.8 Å². The summed E-state index contributed by atoms with van der Waals surface area (Å²) in [7, 11) is 0. The van der Waals surface area contributed by atoms with Crippen molar-refractivity contribution in [3.8, 4) is 0 Å². The van der Waals surface area contributed by atoms with Crippen LogP contribution in [0.15, 0.2) is 12.3 Å². The molecule has 0 aromatic carbocycles. The zero-order valence-electron chi connectivity index (χ0n) is 9.87. The topological polar surface area (TPSA) is 104 Å². The molecule has 8 heteroatoms. The highest BCUT2D eigenvalue weighted by Crippen LogP contribution is 2.06. The lowest BCUT2D eigenvalue weighted by atomic mass is 10.2. The van der Waals surface area contributed by atoms with Gasteiger partial charge in [0, 0.05) is 6.42 Å². The minimum absolute atomic E-state index is 0.00996. The lowest BCUT2D eigenvalue weighted by Gasteiger charge is -2.00. The standard InChI is InChI=1S/C10H13N3O5/c1-2-18-10(15)4-3-8(14)7-12-6-5-9(11-12)13(16)17/h5-6H,2-4,7H2,1H3. The van der Waals surface area contributed by atoms with Gasteiger partial charge >= 0.3 is 11.8 Å². The summed E-state index contributed by atoms with van der Waals surface area (Å²) < 4.78 is 5.85. The molecule has 0 bridgehead atoms. The Bertz CT molecular complexity index is 454. The average Bonchev–Trinajstić information content (AvgIpc) is 2.75. The van der Waals surface area contributed by atoms with Crippen molar-refractivity contribution < 1.29 is 19.2 Å². The number of esters is 1. The SMILES string of the molecule is CCOC(=O)CCC(=O)Cn1ccc([N+](=O)[O-])n1. The Labute approximate surface area is 103 Å². The van der Waals surface area contributed by atoms with Crippen molar-refractivity contribution in [2.24, 2.45) is 0 Å². The third-order valence-electron chi connectivity index (χ3n) is 2.07. The Morgan fingerprint density at radius 1 is 1.50 bits per heavy atom. The van der Waals surface area contributed by atoms with Crippen LogP contribution in [0.3, 0.4) is 0 Å². The molecule has 0 fully saturated rings. The van der Waals surface area contributed by atoms with E-state index in [-0.39, 0.29) is 37.6 Å². The number of ketones is 1. The molecule has 1 aromatic rings. The second-order valence-corrected chi connectivity index (χ2v) is 3.47. The first-order valence-corrected chi connectivity index (χ1v) is 5.38. The molecule has 0 aliphatic heterocycles. The van der Waals surface area contributed by atoms with Gasteiger partial charge in [0.25, 0.3) is 0 Å². The fraction of sp³-hybridized carbons (Fsp3) is 0.500. The predicted octanol–water partition coefficient (Wildman–Crippen LogP) is 0.704. The molecule has 0 aliphatic rings. The average molecular weight is 255 g/mol. The maximum atomic E-state index is 11.5. The van der Waals surface area contributed by atoms with Gasteiger partial charge in [0.2, 0.25) is 0 Å². The van der Waals surface area contributed by atoms with Crippen LogP contribution in [0.1, 0.15) is 19.8 Å². The van der Waals surface area contributed by atoms with Crippen molar-refractivity contribution >= 4 is 17.6 Å². The summed E-state index contributed by atoms with van der Waals surface area (Å²) in [5, 5.41) is 14.0. The highest BCUT2D eigenvalue weighted by Gasteiger charge is 2.14. The van der Waals surface area contributed by atoms with E-state index in [2.05, 4.69) is 9.84 Å². The Morgan fingerprint density at radius 2 is 2.22 bits per heavy atom. The molecule has 0 amide bonds. The van der Waals surface area contributed by atoms with Crippen molar-refractivity contribution in [1.29, 1.82) is 0 Å². The summed E-state index contributed by atoms with van der Waals surface area (Å²) >= 11 is 0. The summed E-state index contributed by atoms with van der Waals surface area (Å²) in [4.78, 5) is 32.2. The maximum absolute atomic E-state index is 11.5. The number of Topliss-reactive ketones (excluding diaryl/α,β-unsaturated/α-hetero) is 1. The molecule has 0 radical (unpaired) electrons. The minimum atomic E-state index is -0.639. The normalized spacial score (nSPS) is 10.1.